The molecule has 0 aliphatic carbocycles. The zero-order valence-electron chi connectivity index (χ0n) is 15.4. The van der Waals surface area contributed by atoms with Crippen molar-refractivity contribution in [2.45, 2.75) is 12.8 Å². The predicted molar refractivity (Wildman–Crippen MR) is 100 cm³/mol. The molecule has 0 unspecified atom stereocenters. The van der Waals surface area contributed by atoms with Gasteiger partial charge in [-0.15, -0.1) is 0 Å². The van der Waals surface area contributed by atoms with Crippen LogP contribution < -0.4 is 14.8 Å². The van der Waals surface area contributed by atoms with Gasteiger partial charge in [0.15, 0.2) is 11.5 Å². The maximum Gasteiger partial charge on any atom is 0.335 e. The number of amides is 1. The summed E-state index contributed by atoms with van der Waals surface area (Å²) in [6.07, 6.45) is 0.0967. The second-order valence-corrected chi connectivity index (χ2v) is 5.83. The number of carbonyl (C=O) groups excluding carboxylic acids is 1. The molecule has 1 amide bonds. The molecule has 148 valence electrons. The second kappa shape index (κ2) is 9.36. The number of hydrogen-bond donors (Lipinski definition) is 2. The molecule has 0 radical (unpaired) electrons. The van der Waals surface area contributed by atoms with Gasteiger partial charge in [-0.2, -0.15) is 0 Å². The Morgan fingerprint density at radius 2 is 1.75 bits per heavy atom. The fraction of sp³-hybridized carbons (Fsp3) is 0.263. The number of carboxylic acids is 1. The van der Waals surface area contributed by atoms with Crippen molar-refractivity contribution in [3.8, 4) is 11.5 Å². The first-order chi connectivity index (χ1) is 13.4. The van der Waals surface area contributed by atoms with Gasteiger partial charge in [0.1, 0.15) is 0 Å². The average Bonchev–Trinajstić information content (AvgIpc) is 2.67. The van der Waals surface area contributed by atoms with E-state index in [1.54, 1.807) is 18.2 Å². The van der Waals surface area contributed by atoms with E-state index in [9.17, 15) is 19.7 Å². The molecule has 0 saturated heterocycles. The maximum atomic E-state index is 12.1. The van der Waals surface area contributed by atoms with Crippen LogP contribution in [0.1, 0.15) is 21.5 Å². The van der Waals surface area contributed by atoms with E-state index in [0.29, 0.717) is 16.9 Å². The monoisotopic (exact) mass is 388 g/mol. The van der Waals surface area contributed by atoms with Crippen LogP contribution in [0.5, 0.6) is 11.5 Å². The van der Waals surface area contributed by atoms with E-state index in [4.69, 9.17) is 14.6 Å². The summed E-state index contributed by atoms with van der Waals surface area (Å²) in [5.74, 6) is -0.891. The standard InChI is InChI=1S/C19H20N2O7/c1-27-16-9-13(15(21(25)26)11-17(16)28-2)7-8-20-18(22)10-12-5-3-4-6-14(12)19(23)24/h3-6,9,11H,7-8,10H2,1-2H3,(H,20,22)(H,23,24). The van der Waals surface area contributed by atoms with Crippen molar-refractivity contribution < 1.29 is 29.1 Å². The van der Waals surface area contributed by atoms with Crippen LogP contribution in [-0.4, -0.2) is 42.7 Å². The number of nitro groups is 1. The molecule has 2 rings (SSSR count). The van der Waals surface area contributed by atoms with Gasteiger partial charge in [0, 0.05) is 12.1 Å². The smallest absolute Gasteiger partial charge is 0.335 e. The van der Waals surface area contributed by atoms with E-state index in [2.05, 4.69) is 5.32 Å². The molecule has 0 fully saturated rings. The van der Waals surface area contributed by atoms with Crippen molar-refractivity contribution in [3.05, 3.63) is 63.2 Å². The van der Waals surface area contributed by atoms with Crippen LogP contribution in [0.15, 0.2) is 36.4 Å². The summed E-state index contributed by atoms with van der Waals surface area (Å²) in [6.45, 7) is 0.143. The molecule has 0 atom stereocenters. The Bertz CT molecular complexity index is 896. The SMILES string of the molecule is COc1cc(CCNC(=O)Cc2ccccc2C(=O)O)c([N+](=O)[O-])cc1OC. The van der Waals surface area contributed by atoms with Gasteiger partial charge in [0.2, 0.25) is 5.91 Å². The molecular formula is C19H20N2O7. The van der Waals surface area contributed by atoms with E-state index >= 15 is 0 Å². The van der Waals surface area contributed by atoms with Gasteiger partial charge in [-0.1, -0.05) is 18.2 Å². The topological polar surface area (TPSA) is 128 Å². The molecular weight excluding hydrogens is 368 g/mol. The number of nitrogens with one attached hydrogen (secondary N) is 1. The Morgan fingerprint density at radius 3 is 2.36 bits per heavy atom. The predicted octanol–water partition coefficient (Wildman–Crippen LogP) is 2.21. The summed E-state index contributed by atoms with van der Waals surface area (Å²) < 4.78 is 10.2. The molecule has 28 heavy (non-hydrogen) atoms. The molecule has 0 saturated carbocycles. The first-order valence-electron chi connectivity index (χ1n) is 8.34. The number of nitrogens with zero attached hydrogens (tertiary/aromatic N) is 1. The van der Waals surface area contributed by atoms with Crippen LogP contribution in [0.4, 0.5) is 5.69 Å². The minimum Gasteiger partial charge on any atom is -0.493 e. The van der Waals surface area contributed by atoms with Gasteiger partial charge in [-0.3, -0.25) is 14.9 Å². The molecule has 2 aromatic carbocycles. The number of benzene rings is 2. The average molecular weight is 388 g/mol. The number of rotatable bonds is 9. The van der Waals surface area contributed by atoms with Gasteiger partial charge in [-0.05, 0) is 24.1 Å². The highest BCUT2D eigenvalue weighted by Gasteiger charge is 2.19. The van der Waals surface area contributed by atoms with E-state index in [1.165, 1.54) is 32.4 Å². The zero-order chi connectivity index (χ0) is 20.7. The minimum atomic E-state index is -1.11. The number of carbonyl (C=O) groups is 2. The Labute approximate surface area is 161 Å². The zero-order valence-corrected chi connectivity index (χ0v) is 15.4. The highest BCUT2D eigenvalue weighted by atomic mass is 16.6. The second-order valence-electron chi connectivity index (χ2n) is 5.83. The van der Waals surface area contributed by atoms with Gasteiger partial charge in [0.25, 0.3) is 5.69 Å². The Morgan fingerprint density at radius 1 is 1.11 bits per heavy atom. The number of ether oxygens (including phenoxy) is 2. The summed E-state index contributed by atoms with van der Waals surface area (Å²) in [6, 6.07) is 9.02. The number of aromatic carboxylic acids is 1. The Hall–Kier alpha value is -3.62. The van der Waals surface area contributed by atoms with Gasteiger partial charge in [-0.25, -0.2) is 4.79 Å². The lowest BCUT2D eigenvalue weighted by Crippen LogP contribution is -2.28. The van der Waals surface area contributed by atoms with E-state index in [-0.39, 0.29) is 42.3 Å². The lowest BCUT2D eigenvalue weighted by molar-refractivity contribution is -0.385. The number of hydrogen-bond acceptors (Lipinski definition) is 6. The van der Waals surface area contributed by atoms with Gasteiger partial charge < -0.3 is 19.9 Å². The molecule has 0 heterocycles. The van der Waals surface area contributed by atoms with E-state index < -0.39 is 10.9 Å². The summed E-state index contributed by atoms with van der Waals surface area (Å²) in [5.41, 5.74) is 0.704. The lowest BCUT2D eigenvalue weighted by atomic mass is 10.0. The highest BCUT2D eigenvalue weighted by molar-refractivity contribution is 5.91. The first-order valence-corrected chi connectivity index (χ1v) is 8.34. The maximum absolute atomic E-state index is 12.1. The van der Waals surface area contributed by atoms with Crippen molar-refractivity contribution >= 4 is 17.6 Å². The van der Waals surface area contributed by atoms with Crippen LogP contribution >= 0.6 is 0 Å². The van der Waals surface area contributed by atoms with Crippen molar-refractivity contribution in [1.29, 1.82) is 0 Å². The molecule has 0 spiro atoms. The largest absolute Gasteiger partial charge is 0.493 e. The summed E-state index contributed by atoms with van der Waals surface area (Å²) in [4.78, 5) is 34.1. The molecule has 9 heteroatoms. The number of nitro benzene ring substituents is 1. The van der Waals surface area contributed by atoms with Crippen LogP contribution in [0.25, 0.3) is 0 Å². The van der Waals surface area contributed by atoms with E-state index in [1.807, 2.05) is 0 Å². The molecule has 0 bridgehead atoms. The van der Waals surface area contributed by atoms with Gasteiger partial charge in [0.05, 0.1) is 37.2 Å². The first kappa shape index (κ1) is 20.7. The number of carboxylic acid groups (broad SMARTS) is 1. The summed E-state index contributed by atoms with van der Waals surface area (Å²) >= 11 is 0. The molecule has 2 N–H and O–H groups in total. The lowest BCUT2D eigenvalue weighted by Gasteiger charge is -2.11. The van der Waals surface area contributed by atoms with Crippen molar-refractivity contribution in [2.75, 3.05) is 20.8 Å². The molecule has 0 aromatic heterocycles. The van der Waals surface area contributed by atoms with Crippen LogP contribution in [-0.2, 0) is 17.6 Å². The summed E-state index contributed by atoms with van der Waals surface area (Å²) in [5, 5.41) is 23.1. The van der Waals surface area contributed by atoms with Crippen molar-refractivity contribution in [1.82, 2.24) is 5.32 Å². The van der Waals surface area contributed by atoms with Crippen LogP contribution in [0.3, 0.4) is 0 Å². The molecule has 2 aromatic rings. The van der Waals surface area contributed by atoms with Crippen LogP contribution in [0.2, 0.25) is 0 Å². The van der Waals surface area contributed by atoms with Crippen molar-refractivity contribution in [3.63, 3.8) is 0 Å². The fourth-order valence-electron chi connectivity index (χ4n) is 2.74. The number of methoxy groups -OCH3 is 2. The highest BCUT2D eigenvalue weighted by Crippen LogP contribution is 2.34. The van der Waals surface area contributed by atoms with Crippen molar-refractivity contribution in [2.24, 2.45) is 0 Å². The Kier molecular flexibility index (Phi) is 6.91. The third-order valence-electron chi connectivity index (χ3n) is 4.10. The minimum absolute atomic E-state index is 0.0631. The summed E-state index contributed by atoms with van der Waals surface area (Å²) in [7, 11) is 2.81. The normalized spacial score (nSPS) is 10.2. The van der Waals surface area contributed by atoms with Crippen LogP contribution in [0, 0.1) is 10.1 Å². The molecule has 0 aliphatic rings. The quantitative estimate of drug-likeness (QED) is 0.498. The van der Waals surface area contributed by atoms with Gasteiger partial charge >= 0.3 is 5.97 Å². The molecule has 0 aliphatic heterocycles. The van der Waals surface area contributed by atoms with E-state index in [0.717, 1.165) is 0 Å². The molecule has 9 nitrogen and oxygen atoms in total. The fourth-order valence-corrected chi connectivity index (χ4v) is 2.74. The Balaban J connectivity index is 2.06. The third-order valence-corrected chi connectivity index (χ3v) is 4.10. The third kappa shape index (κ3) is 4.97.